The SMILES string of the molecule is Cc1ccc([C@]2(S(=O)(=O)c3ccc(F)cc3)CCN(Cc3ccccc3)C2)cc1F. The normalized spacial score (nSPS) is 19.8. The molecule has 1 atom stereocenters. The number of sulfone groups is 1. The van der Waals surface area contributed by atoms with Crippen molar-refractivity contribution in [2.75, 3.05) is 13.1 Å². The minimum atomic E-state index is -3.90. The Morgan fingerprint density at radius 2 is 1.67 bits per heavy atom. The number of hydrogen-bond acceptors (Lipinski definition) is 3. The van der Waals surface area contributed by atoms with Crippen molar-refractivity contribution in [3.8, 4) is 0 Å². The molecule has 1 aliphatic heterocycles. The lowest BCUT2D eigenvalue weighted by Gasteiger charge is -2.30. The Hall–Kier alpha value is -2.57. The van der Waals surface area contributed by atoms with Crippen molar-refractivity contribution >= 4 is 9.84 Å². The Morgan fingerprint density at radius 3 is 2.33 bits per heavy atom. The van der Waals surface area contributed by atoms with E-state index in [0.29, 0.717) is 30.6 Å². The molecule has 0 unspecified atom stereocenters. The number of nitrogens with zero attached hydrogens (tertiary/aromatic N) is 1. The highest BCUT2D eigenvalue weighted by Crippen LogP contribution is 2.44. The summed E-state index contributed by atoms with van der Waals surface area (Å²) in [6, 6.07) is 19.4. The van der Waals surface area contributed by atoms with Gasteiger partial charge in [-0.2, -0.15) is 0 Å². The van der Waals surface area contributed by atoms with Crippen LogP contribution >= 0.6 is 0 Å². The highest BCUT2D eigenvalue weighted by molar-refractivity contribution is 7.92. The average Bonchev–Trinajstić information content (AvgIpc) is 3.17. The summed E-state index contributed by atoms with van der Waals surface area (Å²) in [7, 11) is -3.90. The number of halogens is 2. The summed E-state index contributed by atoms with van der Waals surface area (Å²) in [5.74, 6) is -0.927. The second-order valence-electron chi connectivity index (χ2n) is 7.86. The van der Waals surface area contributed by atoms with E-state index in [1.807, 2.05) is 30.3 Å². The summed E-state index contributed by atoms with van der Waals surface area (Å²) < 4.78 is 54.1. The van der Waals surface area contributed by atoms with Crippen LogP contribution in [0.1, 0.15) is 23.1 Å². The lowest BCUT2D eigenvalue weighted by atomic mass is 9.96. The Balaban J connectivity index is 1.78. The maximum atomic E-state index is 14.4. The molecule has 3 aromatic rings. The van der Waals surface area contributed by atoms with Gasteiger partial charge in [0.15, 0.2) is 9.84 Å². The van der Waals surface area contributed by atoms with E-state index in [4.69, 9.17) is 0 Å². The molecule has 0 aliphatic carbocycles. The first-order valence-electron chi connectivity index (χ1n) is 9.85. The number of aryl methyl sites for hydroxylation is 1. The van der Waals surface area contributed by atoms with Gasteiger partial charge in [0.2, 0.25) is 0 Å². The van der Waals surface area contributed by atoms with Gasteiger partial charge in [-0.15, -0.1) is 0 Å². The first-order valence-corrected chi connectivity index (χ1v) is 11.3. The van der Waals surface area contributed by atoms with Crippen molar-refractivity contribution in [1.29, 1.82) is 0 Å². The van der Waals surface area contributed by atoms with Crippen LogP contribution in [0.3, 0.4) is 0 Å². The maximum absolute atomic E-state index is 14.4. The van der Waals surface area contributed by atoms with Crippen LogP contribution in [0.5, 0.6) is 0 Å². The van der Waals surface area contributed by atoms with Crippen LogP contribution in [-0.4, -0.2) is 26.4 Å². The van der Waals surface area contributed by atoms with Crippen molar-refractivity contribution < 1.29 is 17.2 Å². The van der Waals surface area contributed by atoms with E-state index in [1.54, 1.807) is 19.1 Å². The Kier molecular flexibility index (Phi) is 5.47. The van der Waals surface area contributed by atoms with Crippen LogP contribution in [-0.2, 0) is 21.1 Å². The van der Waals surface area contributed by atoms with Crippen LogP contribution < -0.4 is 0 Å². The molecule has 0 radical (unpaired) electrons. The fourth-order valence-corrected chi connectivity index (χ4v) is 6.26. The number of likely N-dealkylation sites (tertiary alicyclic amines) is 1. The fourth-order valence-electron chi connectivity index (χ4n) is 4.16. The van der Waals surface area contributed by atoms with Gasteiger partial charge >= 0.3 is 0 Å². The molecule has 30 heavy (non-hydrogen) atoms. The molecule has 3 aromatic carbocycles. The van der Waals surface area contributed by atoms with Gasteiger partial charge in [0.1, 0.15) is 16.4 Å². The van der Waals surface area contributed by atoms with Gasteiger partial charge in [0, 0.05) is 19.6 Å². The standard InChI is InChI=1S/C24H23F2NO2S/c1-18-7-8-20(15-23(18)26)24(30(28,29)22-11-9-21(25)10-12-22)13-14-27(17-24)16-19-5-3-2-4-6-19/h2-12,15H,13-14,16-17H2,1H3/t24-/m0/s1. The molecular weight excluding hydrogens is 404 g/mol. The van der Waals surface area contributed by atoms with Crippen LogP contribution in [0, 0.1) is 18.6 Å². The molecule has 0 bridgehead atoms. The van der Waals surface area contributed by atoms with E-state index in [9.17, 15) is 17.2 Å². The zero-order chi connectivity index (χ0) is 21.4. The minimum Gasteiger partial charge on any atom is -0.297 e. The summed E-state index contributed by atoms with van der Waals surface area (Å²) in [5, 5.41) is 0. The molecule has 0 aromatic heterocycles. The Labute approximate surface area is 175 Å². The van der Waals surface area contributed by atoms with Crippen LogP contribution in [0.15, 0.2) is 77.7 Å². The summed E-state index contributed by atoms with van der Waals surface area (Å²) in [6.45, 7) is 3.06. The largest absolute Gasteiger partial charge is 0.297 e. The molecule has 0 N–H and O–H groups in total. The van der Waals surface area contributed by atoms with E-state index < -0.39 is 26.2 Å². The summed E-state index contributed by atoms with van der Waals surface area (Å²) >= 11 is 0. The van der Waals surface area contributed by atoms with Gasteiger partial charge in [0.05, 0.1) is 4.90 Å². The van der Waals surface area contributed by atoms with Crippen molar-refractivity contribution in [2.24, 2.45) is 0 Å². The Bertz CT molecular complexity index is 1150. The van der Waals surface area contributed by atoms with E-state index in [2.05, 4.69) is 4.90 Å². The average molecular weight is 428 g/mol. The number of hydrogen-bond donors (Lipinski definition) is 0. The third-order valence-electron chi connectivity index (χ3n) is 5.90. The zero-order valence-corrected chi connectivity index (χ0v) is 17.5. The smallest absolute Gasteiger partial charge is 0.189 e. The van der Waals surface area contributed by atoms with Gasteiger partial charge < -0.3 is 0 Å². The van der Waals surface area contributed by atoms with Crippen LogP contribution in [0.2, 0.25) is 0 Å². The minimum absolute atomic E-state index is 0.0476. The predicted octanol–water partition coefficient (Wildman–Crippen LogP) is 4.85. The van der Waals surface area contributed by atoms with Gasteiger partial charge in [-0.25, -0.2) is 17.2 Å². The Morgan fingerprint density at radius 1 is 0.967 bits per heavy atom. The van der Waals surface area contributed by atoms with Crippen molar-refractivity contribution in [2.45, 2.75) is 29.5 Å². The second kappa shape index (κ2) is 7.93. The third-order valence-corrected chi connectivity index (χ3v) is 8.39. The highest BCUT2D eigenvalue weighted by Gasteiger charge is 2.51. The van der Waals surface area contributed by atoms with Gasteiger partial charge in [-0.3, -0.25) is 4.90 Å². The van der Waals surface area contributed by atoms with E-state index in [1.165, 1.54) is 18.2 Å². The van der Waals surface area contributed by atoms with E-state index >= 15 is 0 Å². The highest BCUT2D eigenvalue weighted by atomic mass is 32.2. The van der Waals surface area contributed by atoms with Crippen molar-refractivity contribution in [3.63, 3.8) is 0 Å². The van der Waals surface area contributed by atoms with Crippen LogP contribution in [0.25, 0.3) is 0 Å². The first-order chi connectivity index (χ1) is 14.3. The zero-order valence-electron chi connectivity index (χ0n) is 16.7. The number of rotatable bonds is 5. The molecule has 0 saturated carbocycles. The second-order valence-corrected chi connectivity index (χ2v) is 10.1. The van der Waals surface area contributed by atoms with Crippen LogP contribution in [0.4, 0.5) is 8.78 Å². The lowest BCUT2D eigenvalue weighted by molar-refractivity contribution is 0.320. The van der Waals surface area contributed by atoms with Crippen molar-refractivity contribution in [1.82, 2.24) is 4.90 Å². The first kappa shape index (κ1) is 20.7. The summed E-state index contributed by atoms with van der Waals surface area (Å²) in [4.78, 5) is 2.13. The predicted molar refractivity (Wildman–Crippen MR) is 113 cm³/mol. The summed E-state index contributed by atoms with van der Waals surface area (Å²) in [6.07, 6.45) is 0.335. The number of benzene rings is 3. The molecule has 4 rings (SSSR count). The van der Waals surface area contributed by atoms with Gasteiger partial charge in [0.25, 0.3) is 0 Å². The molecule has 0 amide bonds. The molecule has 1 fully saturated rings. The maximum Gasteiger partial charge on any atom is 0.189 e. The van der Waals surface area contributed by atoms with Gasteiger partial charge in [-0.05, 0) is 60.4 Å². The monoisotopic (exact) mass is 427 g/mol. The quantitative estimate of drug-likeness (QED) is 0.547. The third kappa shape index (κ3) is 3.66. The molecule has 156 valence electrons. The molecule has 1 heterocycles. The lowest BCUT2D eigenvalue weighted by Crippen LogP contribution is -2.39. The molecule has 1 aliphatic rings. The molecular formula is C24H23F2NO2S. The fraction of sp³-hybridized carbons (Fsp3) is 0.250. The molecule has 3 nitrogen and oxygen atoms in total. The van der Waals surface area contributed by atoms with E-state index in [0.717, 1.165) is 17.7 Å². The molecule has 0 spiro atoms. The molecule has 1 saturated heterocycles. The summed E-state index contributed by atoms with van der Waals surface area (Å²) in [5.41, 5.74) is 1.99. The topological polar surface area (TPSA) is 37.4 Å². The molecule has 6 heteroatoms. The van der Waals surface area contributed by atoms with E-state index in [-0.39, 0.29) is 11.4 Å². The van der Waals surface area contributed by atoms with Gasteiger partial charge in [-0.1, -0.05) is 42.5 Å². The van der Waals surface area contributed by atoms with Crippen molar-refractivity contribution in [3.05, 3.63) is 101 Å².